The number of halogens is 2. The minimum absolute atomic E-state index is 0.0403. The van der Waals surface area contributed by atoms with Gasteiger partial charge >= 0.3 is 6.09 Å². The maximum Gasteiger partial charge on any atom is 0.407 e. The van der Waals surface area contributed by atoms with E-state index < -0.39 is 11.9 Å². The van der Waals surface area contributed by atoms with Crippen LogP contribution in [0.3, 0.4) is 0 Å². The molecule has 0 atom stereocenters. The Labute approximate surface area is 175 Å². The molecule has 0 bridgehead atoms. The van der Waals surface area contributed by atoms with Crippen molar-refractivity contribution >= 4 is 34.7 Å². The van der Waals surface area contributed by atoms with Gasteiger partial charge in [-0.3, -0.25) is 0 Å². The molecular weight excluding hydrogens is 417 g/mol. The van der Waals surface area contributed by atoms with Crippen LogP contribution in [-0.2, 0) is 0 Å². The van der Waals surface area contributed by atoms with Crippen LogP contribution in [0.2, 0.25) is 5.28 Å². The first-order valence-corrected chi connectivity index (χ1v) is 10.2. The van der Waals surface area contributed by atoms with Crippen LogP contribution in [0.25, 0.3) is 21.8 Å². The Morgan fingerprint density at radius 2 is 2.03 bits per heavy atom. The molecule has 3 aromatic rings. The molecule has 1 aromatic carbocycles. The fourth-order valence-corrected chi connectivity index (χ4v) is 4.75. The van der Waals surface area contributed by atoms with Crippen molar-refractivity contribution < 1.29 is 14.3 Å². The van der Waals surface area contributed by atoms with E-state index in [2.05, 4.69) is 9.97 Å². The molecule has 0 spiro atoms. The molecule has 1 fully saturated rings. The van der Waals surface area contributed by atoms with Gasteiger partial charge in [-0.25, -0.2) is 24.1 Å². The topological polar surface area (TPSA) is 105 Å². The van der Waals surface area contributed by atoms with Crippen LogP contribution in [0.4, 0.5) is 14.9 Å². The standard InChI is InChI=1S/C19H17ClFN5O2S/c20-18-23-7-4-13(24-18)16-15(11-2-1-3-12(22)14(11)21)25-17(29-16)10-5-8-26(9-6-10)19(27)28/h1-4,7,10H,5-6,8-9,22H2,(H,27,28). The highest BCUT2D eigenvalue weighted by Crippen LogP contribution is 2.42. The third-order valence-corrected chi connectivity index (χ3v) is 6.32. The maximum atomic E-state index is 14.8. The molecule has 4 rings (SSSR count). The SMILES string of the molecule is Nc1cccc(-c2nc(C3CCN(C(=O)O)CC3)sc2-c2ccnc(Cl)n2)c1F. The molecule has 0 unspecified atom stereocenters. The molecule has 29 heavy (non-hydrogen) atoms. The highest BCUT2D eigenvalue weighted by molar-refractivity contribution is 7.15. The maximum absolute atomic E-state index is 14.8. The first kappa shape index (κ1) is 19.5. The summed E-state index contributed by atoms with van der Waals surface area (Å²) in [7, 11) is 0. The summed E-state index contributed by atoms with van der Waals surface area (Å²) in [6.07, 6.45) is 1.93. The van der Waals surface area contributed by atoms with Crippen LogP contribution >= 0.6 is 22.9 Å². The zero-order valence-electron chi connectivity index (χ0n) is 15.2. The zero-order valence-corrected chi connectivity index (χ0v) is 16.8. The number of hydrogen-bond donors (Lipinski definition) is 2. The van der Waals surface area contributed by atoms with E-state index in [1.165, 1.54) is 28.5 Å². The van der Waals surface area contributed by atoms with E-state index >= 15 is 0 Å². The lowest BCUT2D eigenvalue weighted by atomic mass is 9.98. The van der Waals surface area contributed by atoms with Crippen molar-refractivity contribution in [1.29, 1.82) is 0 Å². The molecule has 3 heterocycles. The Morgan fingerprint density at radius 1 is 1.28 bits per heavy atom. The minimum atomic E-state index is -0.915. The van der Waals surface area contributed by atoms with Crippen molar-refractivity contribution in [2.45, 2.75) is 18.8 Å². The number of nitrogens with zero attached hydrogens (tertiary/aromatic N) is 4. The third-order valence-electron chi connectivity index (χ3n) is 4.90. The molecule has 1 amide bonds. The molecule has 7 nitrogen and oxygen atoms in total. The first-order chi connectivity index (χ1) is 13.9. The number of amides is 1. The lowest BCUT2D eigenvalue weighted by molar-refractivity contribution is 0.132. The first-order valence-electron chi connectivity index (χ1n) is 8.96. The quantitative estimate of drug-likeness (QED) is 0.465. The summed E-state index contributed by atoms with van der Waals surface area (Å²) in [6, 6.07) is 6.50. The van der Waals surface area contributed by atoms with Crippen LogP contribution < -0.4 is 5.73 Å². The fraction of sp³-hybridized carbons (Fsp3) is 0.263. The number of nitrogens with two attached hydrogens (primary N) is 1. The van der Waals surface area contributed by atoms with Gasteiger partial charge in [0, 0.05) is 30.8 Å². The number of likely N-dealkylation sites (tertiary alicyclic amines) is 1. The predicted molar refractivity (Wildman–Crippen MR) is 110 cm³/mol. The molecular formula is C19H17ClFN5O2S. The van der Waals surface area contributed by atoms with E-state index in [0.29, 0.717) is 47.8 Å². The van der Waals surface area contributed by atoms with Crippen molar-refractivity contribution in [1.82, 2.24) is 19.9 Å². The number of piperidine rings is 1. The van der Waals surface area contributed by atoms with Crippen LogP contribution in [0.15, 0.2) is 30.5 Å². The van der Waals surface area contributed by atoms with Crippen molar-refractivity contribution in [3.05, 3.63) is 46.6 Å². The van der Waals surface area contributed by atoms with Gasteiger partial charge in [-0.2, -0.15) is 0 Å². The predicted octanol–water partition coefficient (Wildman–Crippen LogP) is 4.50. The number of hydrogen-bond acceptors (Lipinski definition) is 6. The number of thiazole rings is 1. The number of carboxylic acid groups (broad SMARTS) is 1. The van der Waals surface area contributed by atoms with E-state index in [-0.39, 0.29) is 16.9 Å². The molecule has 1 aliphatic heterocycles. The number of nitrogen functional groups attached to an aromatic ring is 1. The fourth-order valence-electron chi connectivity index (χ4n) is 3.38. The average Bonchev–Trinajstić information content (AvgIpc) is 3.15. The number of benzene rings is 1. The highest BCUT2D eigenvalue weighted by atomic mass is 35.5. The lowest BCUT2D eigenvalue weighted by Crippen LogP contribution is -2.36. The van der Waals surface area contributed by atoms with Gasteiger partial charge in [-0.15, -0.1) is 11.3 Å². The largest absolute Gasteiger partial charge is 0.465 e. The number of aromatic nitrogens is 3. The van der Waals surface area contributed by atoms with Gasteiger partial charge in [0.1, 0.15) is 0 Å². The second-order valence-electron chi connectivity index (χ2n) is 6.69. The summed E-state index contributed by atoms with van der Waals surface area (Å²) in [4.78, 5) is 26.1. The second kappa shape index (κ2) is 7.92. The summed E-state index contributed by atoms with van der Waals surface area (Å²) in [5.74, 6) is -0.448. The molecule has 0 aliphatic carbocycles. The van der Waals surface area contributed by atoms with Crippen molar-refractivity contribution in [3.8, 4) is 21.8 Å². The second-order valence-corrected chi connectivity index (χ2v) is 8.06. The molecule has 0 saturated carbocycles. The van der Waals surface area contributed by atoms with Gasteiger partial charge in [0.15, 0.2) is 5.82 Å². The number of rotatable bonds is 3. The van der Waals surface area contributed by atoms with E-state index in [9.17, 15) is 9.18 Å². The Balaban J connectivity index is 1.77. The van der Waals surface area contributed by atoms with Gasteiger partial charge < -0.3 is 15.7 Å². The molecule has 10 heteroatoms. The number of carbonyl (C=O) groups is 1. The van der Waals surface area contributed by atoms with Gasteiger partial charge in [-0.1, -0.05) is 6.07 Å². The van der Waals surface area contributed by atoms with Gasteiger partial charge in [0.2, 0.25) is 5.28 Å². The summed E-state index contributed by atoms with van der Waals surface area (Å²) >= 11 is 7.37. The highest BCUT2D eigenvalue weighted by Gasteiger charge is 2.28. The van der Waals surface area contributed by atoms with Crippen LogP contribution in [0, 0.1) is 5.82 Å². The smallest absolute Gasteiger partial charge is 0.407 e. The minimum Gasteiger partial charge on any atom is -0.465 e. The average molecular weight is 434 g/mol. The Bertz CT molecular complexity index is 1070. The summed E-state index contributed by atoms with van der Waals surface area (Å²) in [5, 5.41) is 10.1. The van der Waals surface area contributed by atoms with Crippen molar-refractivity contribution in [2.75, 3.05) is 18.8 Å². The van der Waals surface area contributed by atoms with Gasteiger partial charge in [0.05, 0.1) is 27.0 Å². The van der Waals surface area contributed by atoms with Crippen molar-refractivity contribution in [2.24, 2.45) is 0 Å². The molecule has 0 radical (unpaired) electrons. The summed E-state index contributed by atoms with van der Waals surface area (Å²) < 4.78 is 14.8. The number of anilines is 1. The normalized spacial score (nSPS) is 14.9. The molecule has 2 aromatic heterocycles. The third kappa shape index (κ3) is 3.88. The van der Waals surface area contributed by atoms with E-state index in [0.717, 1.165) is 5.01 Å². The van der Waals surface area contributed by atoms with E-state index in [1.54, 1.807) is 18.2 Å². The van der Waals surface area contributed by atoms with E-state index in [4.69, 9.17) is 27.4 Å². The van der Waals surface area contributed by atoms with E-state index in [1.807, 2.05) is 0 Å². The lowest BCUT2D eigenvalue weighted by Gasteiger charge is -2.28. The Morgan fingerprint density at radius 3 is 2.72 bits per heavy atom. The monoisotopic (exact) mass is 433 g/mol. The molecule has 1 saturated heterocycles. The van der Waals surface area contributed by atoms with Crippen LogP contribution in [0.5, 0.6) is 0 Å². The molecule has 1 aliphatic rings. The Kier molecular flexibility index (Phi) is 5.33. The van der Waals surface area contributed by atoms with Gasteiger partial charge in [0.25, 0.3) is 0 Å². The molecule has 150 valence electrons. The summed E-state index contributed by atoms with van der Waals surface area (Å²) in [5.41, 5.74) is 7.09. The van der Waals surface area contributed by atoms with Gasteiger partial charge in [-0.05, 0) is 42.6 Å². The summed E-state index contributed by atoms with van der Waals surface area (Å²) in [6.45, 7) is 0.881. The Hall–Kier alpha value is -2.78. The van der Waals surface area contributed by atoms with Crippen LogP contribution in [-0.4, -0.2) is 44.1 Å². The molecule has 3 N–H and O–H groups in total. The van der Waals surface area contributed by atoms with Crippen LogP contribution in [0.1, 0.15) is 23.8 Å². The zero-order chi connectivity index (χ0) is 20.5. The van der Waals surface area contributed by atoms with Crippen molar-refractivity contribution in [3.63, 3.8) is 0 Å².